The number of hydrogen-bond acceptors (Lipinski definition) is 7. The molecule has 2 saturated carbocycles. The third kappa shape index (κ3) is 4.64. The van der Waals surface area contributed by atoms with Gasteiger partial charge in [0.15, 0.2) is 11.6 Å². The molecule has 9 atom stereocenters. The number of alkyl halides is 4. The fraction of sp³-hybridized carbons (Fsp3) is 0.655. The number of carbonyl (C=O) groups is 4. The number of fused-ring (bicyclic) bond motifs is 6. The third-order valence-corrected chi connectivity index (χ3v) is 9.93. The number of nitrogens with zero attached hydrogens (tertiary/aromatic N) is 4. The first-order valence-corrected chi connectivity index (χ1v) is 14.5. The molecular weight excluding hydrogens is 588 g/mol. The van der Waals surface area contributed by atoms with E-state index >= 15 is 4.39 Å². The molecule has 236 valence electrons. The van der Waals surface area contributed by atoms with Gasteiger partial charge in [0.2, 0.25) is 17.4 Å². The lowest BCUT2D eigenvalue weighted by Crippen LogP contribution is -2.61. The van der Waals surface area contributed by atoms with Crippen molar-refractivity contribution in [2.75, 3.05) is 18.4 Å². The first-order chi connectivity index (χ1) is 20.6. The lowest BCUT2D eigenvalue weighted by atomic mass is 9.77. The van der Waals surface area contributed by atoms with E-state index in [-0.39, 0.29) is 49.3 Å². The summed E-state index contributed by atoms with van der Waals surface area (Å²) in [6.45, 7) is 4.12. The molecular formula is C29H32F4N6O5. The van der Waals surface area contributed by atoms with Crippen molar-refractivity contribution in [1.82, 2.24) is 20.1 Å². The summed E-state index contributed by atoms with van der Waals surface area (Å²) in [4.78, 5) is 60.2. The summed E-state index contributed by atoms with van der Waals surface area (Å²) in [6.07, 6.45) is -4.43. The molecule has 0 unspecified atom stereocenters. The van der Waals surface area contributed by atoms with Crippen LogP contribution in [0.3, 0.4) is 0 Å². The Morgan fingerprint density at radius 1 is 1.20 bits per heavy atom. The summed E-state index contributed by atoms with van der Waals surface area (Å²) in [5, 5.41) is 14.5. The van der Waals surface area contributed by atoms with Crippen LogP contribution in [-0.2, 0) is 19.2 Å². The number of aromatic nitrogens is 1. The van der Waals surface area contributed by atoms with Crippen LogP contribution in [0.2, 0.25) is 0 Å². The van der Waals surface area contributed by atoms with Gasteiger partial charge in [-0.1, -0.05) is 20.8 Å². The van der Waals surface area contributed by atoms with Gasteiger partial charge in [-0.15, -0.1) is 0 Å². The second-order valence-electron chi connectivity index (χ2n) is 13.6. The predicted octanol–water partition coefficient (Wildman–Crippen LogP) is 2.19. The number of anilines is 1. The standard InChI is InChI=1S/C29H32F4N6O5/c1-27(2,3)21(36-26(43)29(31,32)33)24(41)38-11-16-13-7-15(17(30)8-13)19(16)20(38)23(40)39-12-28(9-14(39)10-34)25(42)37-22-18(44-28)5-4-6-35-22/h4-6,13-17,19-21H,7-9,11-12H2,1-3H3,(H,36,43)(H,35,37,42)/t13-,14-,15+,16+,17+,19-,20-,21+,28+/m0/s1. The Morgan fingerprint density at radius 2 is 1.93 bits per heavy atom. The van der Waals surface area contributed by atoms with E-state index in [1.165, 1.54) is 31.9 Å². The fourth-order valence-corrected chi connectivity index (χ4v) is 7.95. The Kier molecular flexibility index (Phi) is 6.86. The van der Waals surface area contributed by atoms with Crippen LogP contribution in [0.15, 0.2) is 18.3 Å². The van der Waals surface area contributed by atoms with Crippen molar-refractivity contribution in [3.8, 4) is 11.8 Å². The maximum absolute atomic E-state index is 15.1. The van der Waals surface area contributed by atoms with E-state index in [9.17, 15) is 37.6 Å². The van der Waals surface area contributed by atoms with Crippen molar-refractivity contribution in [3.05, 3.63) is 18.3 Å². The van der Waals surface area contributed by atoms with Gasteiger partial charge in [-0.3, -0.25) is 19.2 Å². The van der Waals surface area contributed by atoms with Gasteiger partial charge in [0.25, 0.3) is 5.91 Å². The Morgan fingerprint density at radius 3 is 2.59 bits per heavy atom. The zero-order valence-electron chi connectivity index (χ0n) is 24.2. The normalized spacial score (nSPS) is 34.6. The molecule has 15 heteroatoms. The number of likely N-dealkylation sites (tertiary alicyclic amines) is 2. The topological polar surface area (TPSA) is 145 Å². The highest BCUT2D eigenvalue weighted by Crippen LogP contribution is 2.59. The van der Waals surface area contributed by atoms with Crippen LogP contribution in [0, 0.1) is 40.4 Å². The molecule has 5 aliphatic rings. The number of hydrogen-bond donors (Lipinski definition) is 2. The van der Waals surface area contributed by atoms with Gasteiger partial charge < -0.3 is 25.2 Å². The number of halogens is 4. The number of nitriles is 1. The largest absolute Gasteiger partial charge is 0.472 e. The van der Waals surface area contributed by atoms with Crippen LogP contribution >= 0.6 is 0 Å². The number of ether oxygens (including phenoxy) is 1. The molecule has 2 N–H and O–H groups in total. The molecule has 44 heavy (non-hydrogen) atoms. The van der Waals surface area contributed by atoms with Gasteiger partial charge in [0.1, 0.15) is 24.3 Å². The molecule has 1 aromatic rings. The number of nitrogens with one attached hydrogen (secondary N) is 2. The molecule has 1 spiro atoms. The van der Waals surface area contributed by atoms with E-state index in [4.69, 9.17) is 4.74 Å². The van der Waals surface area contributed by atoms with E-state index in [1.54, 1.807) is 12.1 Å². The number of rotatable bonds is 3. The van der Waals surface area contributed by atoms with Crippen molar-refractivity contribution in [3.63, 3.8) is 0 Å². The van der Waals surface area contributed by atoms with Crippen LogP contribution in [0.5, 0.6) is 5.75 Å². The second kappa shape index (κ2) is 10.0. The Bertz CT molecular complexity index is 1460. The molecule has 0 aromatic carbocycles. The number of pyridine rings is 1. The van der Waals surface area contributed by atoms with Crippen molar-refractivity contribution < 1.29 is 41.5 Å². The average Bonchev–Trinajstić information content (AvgIpc) is 3.70. The highest BCUT2D eigenvalue weighted by atomic mass is 19.4. The van der Waals surface area contributed by atoms with E-state index in [2.05, 4.69) is 10.3 Å². The zero-order chi connectivity index (χ0) is 31.9. The monoisotopic (exact) mass is 620 g/mol. The summed E-state index contributed by atoms with van der Waals surface area (Å²) < 4.78 is 60.9. The Hall–Kier alpha value is -3.96. The van der Waals surface area contributed by atoms with Gasteiger partial charge in [0.05, 0.1) is 12.6 Å². The number of amides is 4. The molecule has 4 heterocycles. The first kappa shape index (κ1) is 30.1. The zero-order valence-corrected chi connectivity index (χ0v) is 24.2. The van der Waals surface area contributed by atoms with Gasteiger partial charge in [0, 0.05) is 19.2 Å². The third-order valence-electron chi connectivity index (χ3n) is 9.93. The number of carbonyl (C=O) groups excluding carboxylic acids is 4. The molecule has 6 rings (SSSR count). The Labute approximate surface area is 250 Å². The van der Waals surface area contributed by atoms with E-state index < -0.39 is 77.0 Å². The highest BCUT2D eigenvalue weighted by Gasteiger charge is 2.65. The minimum Gasteiger partial charge on any atom is -0.472 e. The lowest BCUT2D eigenvalue weighted by molar-refractivity contribution is -0.176. The van der Waals surface area contributed by atoms with Crippen LogP contribution in [-0.4, -0.2) is 87.6 Å². The van der Waals surface area contributed by atoms with Crippen LogP contribution in [0.1, 0.15) is 40.0 Å². The molecule has 1 aromatic heterocycles. The summed E-state index contributed by atoms with van der Waals surface area (Å²) in [5.41, 5.74) is -2.82. The average molecular weight is 621 g/mol. The molecule has 0 radical (unpaired) electrons. The molecule has 11 nitrogen and oxygen atoms in total. The van der Waals surface area contributed by atoms with Crippen molar-refractivity contribution >= 4 is 29.4 Å². The smallest absolute Gasteiger partial charge is 0.471 e. The molecule has 4 amide bonds. The summed E-state index contributed by atoms with van der Waals surface area (Å²) in [5.74, 6) is -5.68. The predicted molar refractivity (Wildman–Crippen MR) is 143 cm³/mol. The summed E-state index contributed by atoms with van der Waals surface area (Å²) in [7, 11) is 0. The maximum Gasteiger partial charge on any atom is 0.471 e. The van der Waals surface area contributed by atoms with Crippen molar-refractivity contribution in [2.24, 2.45) is 29.1 Å². The van der Waals surface area contributed by atoms with Gasteiger partial charge in [-0.2, -0.15) is 18.4 Å². The molecule has 2 saturated heterocycles. The van der Waals surface area contributed by atoms with Gasteiger partial charge in [-0.05, 0) is 54.1 Å². The van der Waals surface area contributed by atoms with Crippen LogP contribution in [0.25, 0.3) is 0 Å². The Balaban J connectivity index is 1.34. The van der Waals surface area contributed by atoms with Crippen LogP contribution in [0.4, 0.5) is 23.4 Å². The van der Waals surface area contributed by atoms with E-state index in [0.29, 0.717) is 6.42 Å². The molecule has 2 bridgehead atoms. The SMILES string of the molecule is CC(C)(C)[C@H](NC(=O)C(F)(F)F)C(=O)N1C[C@@H]2[C@H]3C[C@@H]([C@@H]2[C@H]1C(=O)N1C[C@@]2(C[C@H]1C#N)Oc1cccnc1NC2=O)[C@H](F)C3. The van der Waals surface area contributed by atoms with Crippen molar-refractivity contribution in [2.45, 2.75) is 76.1 Å². The van der Waals surface area contributed by atoms with Crippen LogP contribution < -0.4 is 15.4 Å². The van der Waals surface area contributed by atoms with E-state index in [0.717, 1.165) is 4.90 Å². The maximum atomic E-state index is 15.1. The lowest BCUT2D eigenvalue weighted by Gasteiger charge is -2.39. The molecule has 2 aliphatic carbocycles. The quantitative estimate of drug-likeness (QED) is 0.493. The van der Waals surface area contributed by atoms with Gasteiger partial charge in [-0.25, -0.2) is 9.37 Å². The van der Waals surface area contributed by atoms with Gasteiger partial charge >= 0.3 is 12.1 Å². The minimum atomic E-state index is -5.25. The fourth-order valence-electron chi connectivity index (χ4n) is 7.95. The van der Waals surface area contributed by atoms with Crippen molar-refractivity contribution in [1.29, 1.82) is 5.26 Å². The highest BCUT2D eigenvalue weighted by molar-refractivity contribution is 6.01. The summed E-state index contributed by atoms with van der Waals surface area (Å²) >= 11 is 0. The molecule has 4 fully saturated rings. The molecule has 3 aliphatic heterocycles. The first-order valence-electron chi connectivity index (χ1n) is 14.5. The minimum absolute atomic E-state index is 0.00546. The van der Waals surface area contributed by atoms with E-state index in [1.807, 2.05) is 11.4 Å². The second-order valence-corrected chi connectivity index (χ2v) is 13.6. The summed E-state index contributed by atoms with van der Waals surface area (Å²) in [6, 6.07) is 1.11.